The van der Waals surface area contributed by atoms with E-state index in [0.717, 1.165) is 10.6 Å². The van der Waals surface area contributed by atoms with Crippen molar-refractivity contribution in [2.75, 3.05) is 18.6 Å². The van der Waals surface area contributed by atoms with E-state index in [1.807, 2.05) is 31.4 Å². The van der Waals surface area contributed by atoms with E-state index >= 15 is 0 Å². The number of anilines is 1. The lowest BCUT2D eigenvalue weighted by Gasteiger charge is -2.06. The number of rotatable bonds is 3. The highest BCUT2D eigenvalue weighted by atomic mass is 32.2. The number of nitrogens with two attached hydrogens (primary N) is 1. The van der Waals surface area contributed by atoms with Crippen LogP contribution in [0.3, 0.4) is 0 Å². The third-order valence-electron chi connectivity index (χ3n) is 1.52. The molecule has 0 unspecified atom stereocenters. The van der Waals surface area contributed by atoms with E-state index in [1.165, 1.54) is 0 Å². The summed E-state index contributed by atoms with van der Waals surface area (Å²) in [5.74, 6) is 0.773. The molecule has 1 aromatic rings. The average Bonchev–Trinajstić information content (AvgIpc) is 2.09. The quantitative estimate of drug-likeness (QED) is 0.577. The Balaban J connectivity index is 2.87. The van der Waals surface area contributed by atoms with Gasteiger partial charge in [0.25, 0.3) is 0 Å². The van der Waals surface area contributed by atoms with Gasteiger partial charge in [-0.15, -0.1) is 11.8 Å². The van der Waals surface area contributed by atoms with Gasteiger partial charge in [-0.2, -0.15) is 0 Å². The fraction of sp³-hybridized carbons (Fsp3) is 0.333. The Hall–Kier alpha value is -0.830. The molecule has 0 aliphatic carbocycles. The van der Waals surface area contributed by atoms with Crippen LogP contribution in [0.25, 0.3) is 0 Å². The number of hydrogen-bond acceptors (Lipinski definition) is 3. The molecule has 1 rings (SSSR count). The smallest absolute Gasteiger partial charge is 0.142 e. The minimum atomic E-state index is 0.656. The Morgan fingerprint density at radius 1 is 1.50 bits per heavy atom. The summed E-state index contributed by atoms with van der Waals surface area (Å²) in [4.78, 5) is 1.16. The highest BCUT2D eigenvalue weighted by Crippen LogP contribution is 2.26. The first kappa shape index (κ1) is 9.26. The first-order chi connectivity index (χ1) is 5.77. The molecule has 0 saturated carbocycles. The molecule has 12 heavy (non-hydrogen) atoms. The predicted molar refractivity (Wildman–Crippen MR) is 53.8 cm³/mol. The molecule has 3 heteroatoms. The van der Waals surface area contributed by atoms with Gasteiger partial charge in [-0.3, -0.25) is 0 Å². The average molecular weight is 183 g/mol. The van der Waals surface area contributed by atoms with Gasteiger partial charge >= 0.3 is 0 Å². The van der Waals surface area contributed by atoms with E-state index in [1.54, 1.807) is 11.8 Å². The molecular weight excluding hydrogens is 170 g/mol. The molecule has 0 aromatic heterocycles. The fourth-order valence-corrected chi connectivity index (χ4v) is 1.39. The van der Waals surface area contributed by atoms with Crippen LogP contribution in [0.15, 0.2) is 23.1 Å². The van der Waals surface area contributed by atoms with Crippen LogP contribution in [0.1, 0.15) is 6.92 Å². The first-order valence-electron chi connectivity index (χ1n) is 3.84. The zero-order valence-electron chi connectivity index (χ0n) is 7.33. The van der Waals surface area contributed by atoms with Crippen molar-refractivity contribution >= 4 is 17.4 Å². The number of benzene rings is 1. The van der Waals surface area contributed by atoms with Crippen molar-refractivity contribution in [2.45, 2.75) is 11.8 Å². The van der Waals surface area contributed by atoms with Crippen molar-refractivity contribution in [3.8, 4) is 5.75 Å². The maximum atomic E-state index is 5.74. The molecular formula is C9H13NOS. The Morgan fingerprint density at radius 3 is 2.75 bits per heavy atom. The van der Waals surface area contributed by atoms with Gasteiger partial charge in [0.15, 0.2) is 0 Å². The monoisotopic (exact) mass is 183 g/mol. The Morgan fingerprint density at radius 2 is 2.25 bits per heavy atom. The van der Waals surface area contributed by atoms with Crippen molar-refractivity contribution in [2.24, 2.45) is 0 Å². The van der Waals surface area contributed by atoms with Crippen LogP contribution < -0.4 is 10.5 Å². The zero-order valence-corrected chi connectivity index (χ0v) is 8.15. The van der Waals surface area contributed by atoms with Gasteiger partial charge in [0.2, 0.25) is 0 Å². The minimum Gasteiger partial charge on any atom is -0.492 e. The lowest BCUT2D eigenvalue weighted by atomic mass is 10.3. The molecule has 66 valence electrons. The number of nitrogen functional groups attached to an aromatic ring is 1. The van der Waals surface area contributed by atoms with E-state index < -0.39 is 0 Å². The van der Waals surface area contributed by atoms with Crippen LogP contribution in [0.4, 0.5) is 5.69 Å². The van der Waals surface area contributed by atoms with E-state index in [9.17, 15) is 0 Å². The zero-order chi connectivity index (χ0) is 8.97. The van der Waals surface area contributed by atoms with Crippen LogP contribution in [0.5, 0.6) is 5.75 Å². The van der Waals surface area contributed by atoms with Gasteiger partial charge in [-0.25, -0.2) is 0 Å². The van der Waals surface area contributed by atoms with Crippen LogP contribution in [0.2, 0.25) is 0 Å². The van der Waals surface area contributed by atoms with Gasteiger partial charge in [-0.05, 0) is 31.4 Å². The molecule has 0 heterocycles. The second-order valence-electron chi connectivity index (χ2n) is 2.34. The Bertz CT molecular complexity index is 263. The van der Waals surface area contributed by atoms with E-state index in [4.69, 9.17) is 10.5 Å². The summed E-state index contributed by atoms with van der Waals surface area (Å²) in [6.07, 6.45) is 2.02. The van der Waals surface area contributed by atoms with Gasteiger partial charge < -0.3 is 10.5 Å². The number of hydrogen-bond donors (Lipinski definition) is 1. The summed E-state index contributed by atoms with van der Waals surface area (Å²) >= 11 is 1.67. The van der Waals surface area contributed by atoms with Gasteiger partial charge in [-0.1, -0.05) is 0 Å². The molecule has 1 aromatic carbocycles. The Labute approximate surface area is 77.1 Å². The third-order valence-corrected chi connectivity index (χ3v) is 2.24. The molecule has 0 amide bonds. The largest absolute Gasteiger partial charge is 0.492 e. The molecule has 0 bridgehead atoms. The molecule has 2 nitrogen and oxygen atoms in total. The lowest BCUT2D eigenvalue weighted by Crippen LogP contribution is -1.96. The topological polar surface area (TPSA) is 35.2 Å². The molecule has 0 spiro atoms. The van der Waals surface area contributed by atoms with Crippen molar-refractivity contribution < 1.29 is 4.74 Å². The molecule has 2 N–H and O–H groups in total. The maximum absolute atomic E-state index is 5.74. The standard InChI is InChI=1S/C9H13NOS/c1-3-11-9-5-4-7(12-2)6-8(9)10/h4-6H,3,10H2,1-2H3. The second-order valence-corrected chi connectivity index (χ2v) is 3.22. The van der Waals surface area contributed by atoms with Crippen LogP contribution in [-0.2, 0) is 0 Å². The molecule has 0 atom stereocenters. The number of ether oxygens (including phenoxy) is 1. The highest BCUT2D eigenvalue weighted by molar-refractivity contribution is 7.98. The minimum absolute atomic E-state index is 0.656. The van der Waals surface area contributed by atoms with Gasteiger partial charge in [0.05, 0.1) is 12.3 Å². The van der Waals surface area contributed by atoms with Crippen molar-refractivity contribution in [3.63, 3.8) is 0 Å². The summed E-state index contributed by atoms with van der Waals surface area (Å²) in [5, 5.41) is 0. The van der Waals surface area contributed by atoms with Crippen molar-refractivity contribution in [3.05, 3.63) is 18.2 Å². The molecule has 0 saturated heterocycles. The summed E-state index contributed by atoms with van der Waals surface area (Å²) in [7, 11) is 0. The van der Waals surface area contributed by atoms with Gasteiger partial charge in [0, 0.05) is 4.90 Å². The van der Waals surface area contributed by atoms with Crippen molar-refractivity contribution in [1.29, 1.82) is 0 Å². The van der Waals surface area contributed by atoms with E-state index in [-0.39, 0.29) is 0 Å². The molecule has 0 radical (unpaired) electrons. The maximum Gasteiger partial charge on any atom is 0.142 e. The molecule has 0 fully saturated rings. The van der Waals surface area contributed by atoms with Crippen LogP contribution in [0, 0.1) is 0 Å². The normalized spacial score (nSPS) is 9.83. The molecule has 0 aliphatic heterocycles. The highest BCUT2D eigenvalue weighted by Gasteiger charge is 1.99. The predicted octanol–water partition coefficient (Wildman–Crippen LogP) is 2.39. The molecule has 0 aliphatic rings. The lowest BCUT2D eigenvalue weighted by molar-refractivity contribution is 0.342. The first-order valence-corrected chi connectivity index (χ1v) is 5.06. The van der Waals surface area contributed by atoms with E-state index in [0.29, 0.717) is 12.3 Å². The van der Waals surface area contributed by atoms with Gasteiger partial charge in [0.1, 0.15) is 5.75 Å². The SMILES string of the molecule is CCOc1ccc(SC)cc1N. The summed E-state index contributed by atoms with van der Waals surface area (Å²) in [6.45, 7) is 2.60. The summed E-state index contributed by atoms with van der Waals surface area (Å²) < 4.78 is 5.30. The Kier molecular flexibility index (Phi) is 3.29. The number of thioether (sulfide) groups is 1. The summed E-state index contributed by atoms with van der Waals surface area (Å²) in [5.41, 5.74) is 6.46. The third kappa shape index (κ3) is 2.08. The fourth-order valence-electron chi connectivity index (χ4n) is 0.940. The van der Waals surface area contributed by atoms with Crippen molar-refractivity contribution in [1.82, 2.24) is 0 Å². The second kappa shape index (κ2) is 4.26. The van der Waals surface area contributed by atoms with E-state index in [2.05, 4.69) is 0 Å². The van der Waals surface area contributed by atoms with Crippen LogP contribution >= 0.6 is 11.8 Å². The summed E-state index contributed by atoms with van der Waals surface area (Å²) in [6, 6.07) is 5.84. The van der Waals surface area contributed by atoms with Crippen LogP contribution in [-0.4, -0.2) is 12.9 Å².